The first-order valence-electron chi connectivity index (χ1n) is 10.2. The van der Waals surface area contributed by atoms with Crippen LogP contribution in [0.1, 0.15) is 30.9 Å². The third-order valence-corrected chi connectivity index (χ3v) is 4.81. The number of nitrogens with zero attached hydrogens (tertiary/aromatic N) is 2. The quantitative estimate of drug-likeness (QED) is 0.437. The molecule has 0 saturated carbocycles. The predicted octanol–water partition coefficient (Wildman–Crippen LogP) is 4.71. The molecule has 0 bridgehead atoms. The van der Waals surface area contributed by atoms with Crippen molar-refractivity contribution in [2.24, 2.45) is 5.92 Å². The fraction of sp³-hybridized carbons (Fsp3) is 0.292. The number of carboxylic acids is 1. The molecular formula is C24H28N4O3. The number of methoxy groups -OCH3 is 1. The Bertz CT molecular complexity index is 991. The highest BCUT2D eigenvalue weighted by Gasteiger charge is 2.23. The number of carbonyl (C=O) groups is 1. The third kappa shape index (κ3) is 6.18. The number of rotatable bonds is 10. The van der Waals surface area contributed by atoms with Crippen molar-refractivity contribution in [2.75, 3.05) is 24.3 Å². The molecule has 0 spiro atoms. The molecule has 1 heterocycles. The first kappa shape index (κ1) is 22.1. The molecule has 1 aromatic heterocycles. The van der Waals surface area contributed by atoms with Crippen molar-refractivity contribution in [3.8, 4) is 5.75 Å². The number of hydrogen-bond acceptors (Lipinski definition) is 6. The van der Waals surface area contributed by atoms with E-state index in [9.17, 15) is 9.90 Å². The standard InChI is InChI=1S/C24H28N4O3/c1-16(2)14-25-22-18(15-26-24(28-22)27-19-7-5-4-6-8-19)13-21(23(29)30)17-9-11-20(31-3)12-10-17/h4-12,15-16,21H,13-14H2,1-3H3,(H,29,30)(H2,25,26,27,28). The summed E-state index contributed by atoms with van der Waals surface area (Å²) in [6.45, 7) is 4.93. The molecule has 1 atom stereocenters. The fourth-order valence-corrected chi connectivity index (χ4v) is 3.12. The van der Waals surface area contributed by atoms with E-state index in [1.54, 1.807) is 37.6 Å². The summed E-state index contributed by atoms with van der Waals surface area (Å²) >= 11 is 0. The topological polar surface area (TPSA) is 96.4 Å². The number of carboxylic acid groups (broad SMARTS) is 1. The molecule has 0 saturated heterocycles. The Hall–Kier alpha value is -3.61. The van der Waals surface area contributed by atoms with Gasteiger partial charge in [0.2, 0.25) is 5.95 Å². The summed E-state index contributed by atoms with van der Waals surface area (Å²) in [4.78, 5) is 21.1. The summed E-state index contributed by atoms with van der Waals surface area (Å²) < 4.78 is 5.18. The SMILES string of the molecule is COc1ccc(C(Cc2cnc(Nc3ccccc3)nc2NCC(C)C)C(=O)O)cc1. The van der Waals surface area contributed by atoms with Gasteiger partial charge in [-0.15, -0.1) is 0 Å². The van der Waals surface area contributed by atoms with Gasteiger partial charge in [-0.25, -0.2) is 4.98 Å². The Morgan fingerprint density at radius 1 is 1.10 bits per heavy atom. The minimum Gasteiger partial charge on any atom is -0.497 e. The zero-order valence-electron chi connectivity index (χ0n) is 18.0. The molecule has 7 heteroatoms. The zero-order chi connectivity index (χ0) is 22.2. The van der Waals surface area contributed by atoms with Gasteiger partial charge in [0.25, 0.3) is 0 Å². The van der Waals surface area contributed by atoms with Crippen LogP contribution in [0.4, 0.5) is 17.5 Å². The van der Waals surface area contributed by atoms with Crippen LogP contribution >= 0.6 is 0 Å². The van der Waals surface area contributed by atoms with Gasteiger partial charge in [-0.2, -0.15) is 4.98 Å². The molecule has 3 N–H and O–H groups in total. The van der Waals surface area contributed by atoms with Crippen molar-refractivity contribution in [3.63, 3.8) is 0 Å². The highest BCUT2D eigenvalue weighted by Crippen LogP contribution is 2.27. The molecule has 31 heavy (non-hydrogen) atoms. The van der Waals surface area contributed by atoms with Crippen LogP contribution in [-0.4, -0.2) is 34.7 Å². The van der Waals surface area contributed by atoms with Crippen molar-refractivity contribution in [2.45, 2.75) is 26.2 Å². The van der Waals surface area contributed by atoms with E-state index in [2.05, 4.69) is 34.4 Å². The number of aromatic nitrogens is 2. The van der Waals surface area contributed by atoms with E-state index in [-0.39, 0.29) is 6.42 Å². The summed E-state index contributed by atoms with van der Waals surface area (Å²) in [5, 5.41) is 16.4. The first-order chi connectivity index (χ1) is 15.0. The highest BCUT2D eigenvalue weighted by atomic mass is 16.5. The summed E-state index contributed by atoms with van der Waals surface area (Å²) in [6.07, 6.45) is 1.97. The van der Waals surface area contributed by atoms with E-state index < -0.39 is 11.9 Å². The Morgan fingerprint density at radius 2 is 1.81 bits per heavy atom. The molecule has 0 radical (unpaired) electrons. The third-order valence-electron chi connectivity index (χ3n) is 4.81. The molecule has 162 valence electrons. The van der Waals surface area contributed by atoms with Crippen molar-refractivity contribution < 1.29 is 14.6 Å². The minimum absolute atomic E-state index is 0.272. The molecule has 0 aliphatic rings. The number of aliphatic carboxylic acids is 1. The lowest BCUT2D eigenvalue weighted by molar-refractivity contribution is -0.138. The normalized spacial score (nSPS) is 11.7. The van der Waals surface area contributed by atoms with Gasteiger partial charge in [0.1, 0.15) is 11.6 Å². The molecule has 1 unspecified atom stereocenters. The van der Waals surface area contributed by atoms with Crippen LogP contribution in [0.5, 0.6) is 5.75 Å². The fourth-order valence-electron chi connectivity index (χ4n) is 3.12. The van der Waals surface area contributed by atoms with Crippen molar-refractivity contribution >= 4 is 23.4 Å². The van der Waals surface area contributed by atoms with Crippen molar-refractivity contribution in [1.29, 1.82) is 0 Å². The largest absolute Gasteiger partial charge is 0.497 e. The Balaban J connectivity index is 1.88. The first-order valence-corrected chi connectivity index (χ1v) is 10.2. The molecule has 0 amide bonds. The number of para-hydroxylation sites is 1. The lowest BCUT2D eigenvalue weighted by Crippen LogP contribution is -2.18. The van der Waals surface area contributed by atoms with Crippen LogP contribution in [0.15, 0.2) is 60.8 Å². The van der Waals surface area contributed by atoms with E-state index in [1.165, 1.54) is 0 Å². The average molecular weight is 421 g/mol. The van der Waals surface area contributed by atoms with Gasteiger partial charge < -0.3 is 20.5 Å². The van der Waals surface area contributed by atoms with Crippen LogP contribution in [0.2, 0.25) is 0 Å². The Kier molecular flexibility index (Phi) is 7.43. The van der Waals surface area contributed by atoms with Gasteiger partial charge in [-0.1, -0.05) is 44.2 Å². The molecule has 3 rings (SSSR count). The summed E-state index contributed by atoms with van der Waals surface area (Å²) in [7, 11) is 1.58. The second-order valence-electron chi connectivity index (χ2n) is 7.70. The van der Waals surface area contributed by atoms with Crippen LogP contribution < -0.4 is 15.4 Å². The van der Waals surface area contributed by atoms with Gasteiger partial charge in [0, 0.05) is 24.0 Å². The lowest BCUT2D eigenvalue weighted by atomic mass is 9.92. The number of ether oxygens (including phenoxy) is 1. The smallest absolute Gasteiger partial charge is 0.311 e. The zero-order valence-corrected chi connectivity index (χ0v) is 18.0. The van der Waals surface area contributed by atoms with Gasteiger partial charge in [-0.05, 0) is 42.2 Å². The van der Waals surface area contributed by atoms with E-state index in [0.29, 0.717) is 29.0 Å². The maximum Gasteiger partial charge on any atom is 0.311 e. The number of hydrogen-bond donors (Lipinski definition) is 3. The van der Waals surface area contributed by atoms with E-state index in [0.717, 1.165) is 17.8 Å². The minimum atomic E-state index is -0.897. The van der Waals surface area contributed by atoms with E-state index in [4.69, 9.17) is 4.74 Å². The van der Waals surface area contributed by atoms with Gasteiger partial charge >= 0.3 is 5.97 Å². The van der Waals surface area contributed by atoms with Crippen LogP contribution in [0, 0.1) is 5.92 Å². The molecule has 0 aliphatic carbocycles. The van der Waals surface area contributed by atoms with Crippen molar-refractivity contribution in [3.05, 3.63) is 71.9 Å². The van der Waals surface area contributed by atoms with Gasteiger partial charge in [-0.3, -0.25) is 4.79 Å². The summed E-state index contributed by atoms with van der Waals surface area (Å²) in [5.41, 5.74) is 2.34. The Morgan fingerprint density at radius 3 is 2.42 bits per heavy atom. The summed E-state index contributed by atoms with van der Waals surface area (Å²) in [5.74, 6) is 0.574. The van der Waals surface area contributed by atoms with E-state index in [1.807, 2.05) is 30.3 Å². The Labute approximate surface area is 182 Å². The molecule has 7 nitrogen and oxygen atoms in total. The molecule has 0 fully saturated rings. The maximum atomic E-state index is 12.0. The number of benzene rings is 2. The second kappa shape index (κ2) is 10.4. The van der Waals surface area contributed by atoms with Crippen molar-refractivity contribution in [1.82, 2.24) is 9.97 Å². The van der Waals surface area contributed by atoms with Crippen LogP contribution in [0.3, 0.4) is 0 Å². The van der Waals surface area contributed by atoms with E-state index >= 15 is 0 Å². The lowest BCUT2D eigenvalue weighted by Gasteiger charge is -2.18. The number of anilines is 3. The van der Waals surface area contributed by atoms with Crippen LogP contribution in [0.25, 0.3) is 0 Å². The average Bonchev–Trinajstić information content (AvgIpc) is 2.77. The molecule has 0 aliphatic heterocycles. The second-order valence-corrected chi connectivity index (χ2v) is 7.70. The molecule has 3 aromatic rings. The molecular weight excluding hydrogens is 392 g/mol. The van der Waals surface area contributed by atoms with Gasteiger partial charge in [0.15, 0.2) is 0 Å². The maximum absolute atomic E-state index is 12.0. The van der Waals surface area contributed by atoms with Crippen LogP contribution in [-0.2, 0) is 11.2 Å². The van der Waals surface area contributed by atoms with Gasteiger partial charge in [0.05, 0.1) is 13.0 Å². The highest BCUT2D eigenvalue weighted by molar-refractivity contribution is 5.77. The predicted molar refractivity (Wildman–Crippen MR) is 122 cm³/mol. The monoisotopic (exact) mass is 420 g/mol. The number of nitrogens with one attached hydrogen (secondary N) is 2. The molecule has 2 aromatic carbocycles. The summed E-state index contributed by atoms with van der Waals surface area (Å²) in [6, 6.07) is 16.8.